The summed E-state index contributed by atoms with van der Waals surface area (Å²) in [5, 5.41) is 5.30. The van der Waals surface area contributed by atoms with Crippen LogP contribution in [0, 0.1) is 6.92 Å². The topological polar surface area (TPSA) is 51.0 Å². The number of para-hydroxylation sites is 1. The van der Waals surface area contributed by atoms with E-state index in [-0.39, 0.29) is 5.91 Å². The highest BCUT2D eigenvalue weighted by molar-refractivity contribution is 5.90. The molecule has 0 saturated heterocycles. The summed E-state index contributed by atoms with van der Waals surface area (Å²) in [7, 11) is 5.44. The van der Waals surface area contributed by atoms with Gasteiger partial charge in [0.05, 0.1) is 23.3 Å². The van der Waals surface area contributed by atoms with Crippen molar-refractivity contribution in [3.8, 4) is 11.4 Å². The third-order valence-electron chi connectivity index (χ3n) is 4.05. The van der Waals surface area contributed by atoms with E-state index in [9.17, 15) is 4.79 Å². The Morgan fingerprint density at radius 2 is 2.04 bits per heavy atom. The number of pyridine rings is 1. The van der Waals surface area contributed by atoms with E-state index in [1.165, 1.54) is 0 Å². The van der Waals surface area contributed by atoms with Crippen molar-refractivity contribution in [3.63, 3.8) is 0 Å². The first kappa shape index (κ1) is 15.2. The average molecular weight is 308 g/mol. The molecule has 5 heteroatoms. The monoisotopic (exact) mass is 308 g/mol. The molecule has 0 unspecified atom stereocenters. The highest BCUT2D eigenvalue weighted by atomic mass is 16.2. The van der Waals surface area contributed by atoms with Crippen LogP contribution in [0.1, 0.15) is 11.1 Å². The molecule has 2 heterocycles. The largest absolute Gasteiger partial charge is 0.349 e. The fourth-order valence-corrected chi connectivity index (χ4v) is 2.70. The van der Waals surface area contributed by atoms with Gasteiger partial charge in [0, 0.05) is 32.7 Å². The normalized spacial score (nSPS) is 11.0. The van der Waals surface area contributed by atoms with Gasteiger partial charge >= 0.3 is 0 Å². The summed E-state index contributed by atoms with van der Waals surface area (Å²) < 4.78 is 1.81. The highest BCUT2D eigenvalue weighted by Gasteiger charge is 2.13. The molecule has 0 saturated carbocycles. The molecule has 0 N–H and O–H groups in total. The predicted octanol–water partition coefficient (Wildman–Crippen LogP) is 2.57. The molecule has 0 aliphatic rings. The maximum Gasteiger partial charge on any atom is 0.226 e. The van der Waals surface area contributed by atoms with Crippen LogP contribution in [0.3, 0.4) is 0 Å². The van der Waals surface area contributed by atoms with Crippen molar-refractivity contribution in [1.29, 1.82) is 0 Å². The van der Waals surface area contributed by atoms with Crippen LogP contribution < -0.4 is 0 Å². The van der Waals surface area contributed by atoms with Gasteiger partial charge in [0.25, 0.3) is 0 Å². The number of carbonyl (C=O) groups is 1. The lowest BCUT2D eigenvalue weighted by atomic mass is 10.0. The summed E-state index contributed by atoms with van der Waals surface area (Å²) in [5.74, 6) is 0.0721. The molecule has 118 valence electrons. The maximum absolute atomic E-state index is 12.1. The molecule has 0 fully saturated rings. The van der Waals surface area contributed by atoms with Crippen molar-refractivity contribution in [2.45, 2.75) is 13.3 Å². The van der Waals surface area contributed by atoms with E-state index in [4.69, 9.17) is 4.98 Å². The van der Waals surface area contributed by atoms with Crippen molar-refractivity contribution in [2.24, 2.45) is 7.05 Å². The highest BCUT2D eigenvalue weighted by Crippen LogP contribution is 2.26. The second-order valence-electron chi connectivity index (χ2n) is 5.94. The van der Waals surface area contributed by atoms with E-state index >= 15 is 0 Å². The molecule has 1 amide bonds. The first-order valence-electron chi connectivity index (χ1n) is 7.55. The number of aromatic nitrogens is 3. The smallest absolute Gasteiger partial charge is 0.226 e. The van der Waals surface area contributed by atoms with Crippen LogP contribution in [0.25, 0.3) is 22.3 Å². The molecular formula is C18H20N4O. The summed E-state index contributed by atoms with van der Waals surface area (Å²) >= 11 is 0. The first-order valence-corrected chi connectivity index (χ1v) is 7.55. The lowest BCUT2D eigenvalue weighted by molar-refractivity contribution is -0.127. The van der Waals surface area contributed by atoms with Crippen LogP contribution in [0.4, 0.5) is 0 Å². The summed E-state index contributed by atoms with van der Waals surface area (Å²) in [4.78, 5) is 18.5. The Morgan fingerprint density at radius 1 is 1.26 bits per heavy atom. The fraction of sp³-hybridized carbons (Fsp3) is 0.278. The second kappa shape index (κ2) is 5.83. The number of nitrogens with zero attached hydrogens (tertiary/aromatic N) is 4. The minimum atomic E-state index is 0.0721. The number of amides is 1. The summed E-state index contributed by atoms with van der Waals surface area (Å²) in [5.41, 5.74) is 4.82. The SMILES string of the molecule is Cc1cc(-c2ccnn2C)nc2c(CC(=O)N(C)C)cccc12. The Morgan fingerprint density at radius 3 is 2.70 bits per heavy atom. The van der Waals surface area contributed by atoms with Gasteiger partial charge in [0.2, 0.25) is 5.91 Å². The summed E-state index contributed by atoms with van der Waals surface area (Å²) in [6, 6.07) is 10.0. The standard InChI is InChI=1S/C18H20N4O/c1-12-10-15(16-8-9-19-22(16)4)20-18-13(6-5-7-14(12)18)11-17(23)21(2)3/h5-10H,11H2,1-4H3. The lowest BCUT2D eigenvalue weighted by Crippen LogP contribution is -2.23. The second-order valence-corrected chi connectivity index (χ2v) is 5.94. The Labute approximate surface area is 135 Å². The van der Waals surface area contributed by atoms with Gasteiger partial charge < -0.3 is 4.90 Å². The zero-order chi connectivity index (χ0) is 16.6. The Balaban J connectivity index is 2.17. The summed E-state index contributed by atoms with van der Waals surface area (Å²) in [6.45, 7) is 2.07. The number of hydrogen-bond donors (Lipinski definition) is 0. The van der Waals surface area contributed by atoms with Crippen molar-refractivity contribution < 1.29 is 4.79 Å². The van der Waals surface area contributed by atoms with Crippen LogP contribution in [-0.4, -0.2) is 39.7 Å². The molecule has 3 aromatic rings. The number of likely N-dealkylation sites (N-methyl/N-ethyl adjacent to an activating group) is 1. The van der Waals surface area contributed by atoms with Crippen molar-refractivity contribution in [1.82, 2.24) is 19.7 Å². The van der Waals surface area contributed by atoms with E-state index < -0.39 is 0 Å². The number of aryl methyl sites for hydroxylation is 2. The first-order chi connectivity index (χ1) is 11.0. The van der Waals surface area contributed by atoms with Gasteiger partial charge in [0.15, 0.2) is 0 Å². The molecule has 1 aromatic carbocycles. The predicted molar refractivity (Wildman–Crippen MR) is 91.1 cm³/mol. The zero-order valence-electron chi connectivity index (χ0n) is 13.9. The molecule has 23 heavy (non-hydrogen) atoms. The summed E-state index contributed by atoms with van der Waals surface area (Å²) in [6.07, 6.45) is 2.11. The number of rotatable bonds is 3. The van der Waals surface area contributed by atoms with E-state index in [1.807, 2.05) is 31.3 Å². The van der Waals surface area contributed by atoms with E-state index in [0.717, 1.165) is 33.4 Å². The van der Waals surface area contributed by atoms with Gasteiger partial charge in [-0.1, -0.05) is 18.2 Å². The van der Waals surface area contributed by atoms with Crippen LogP contribution in [0.2, 0.25) is 0 Å². The maximum atomic E-state index is 12.1. The molecular weight excluding hydrogens is 288 g/mol. The van der Waals surface area contributed by atoms with Crippen LogP contribution in [0.15, 0.2) is 36.5 Å². The molecule has 0 bridgehead atoms. The Kier molecular flexibility index (Phi) is 3.86. The minimum absolute atomic E-state index is 0.0721. The number of fused-ring (bicyclic) bond motifs is 1. The van der Waals surface area contributed by atoms with Gasteiger partial charge in [0.1, 0.15) is 0 Å². The quantitative estimate of drug-likeness (QED) is 0.747. The molecule has 0 spiro atoms. The average Bonchev–Trinajstić information content (AvgIpc) is 2.94. The third-order valence-corrected chi connectivity index (χ3v) is 4.05. The van der Waals surface area contributed by atoms with Crippen LogP contribution in [0.5, 0.6) is 0 Å². The van der Waals surface area contributed by atoms with Crippen LogP contribution in [-0.2, 0) is 18.3 Å². The molecule has 2 aromatic heterocycles. The fourth-order valence-electron chi connectivity index (χ4n) is 2.70. The van der Waals surface area contributed by atoms with E-state index in [1.54, 1.807) is 29.9 Å². The number of hydrogen-bond acceptors (Lipinski definition) is 3. The zero-order valence-corrected chi connectivity index (χ0v) is 13.9. The molecule has 5 nitrogen and oxygen atoms in total. The van der Waals surface area contributed by atoms with Gasteiger partial charge in [-0.2, -0.15) is 5.10 Å². The Bertz CT molecular complexity index is 880. The molecule has 0 aliphatic heterocycles. The lowest BCUT2D eigenvalue weighted by Gasteiger charge is -2.13. The molecule has 0 atom stereocenters. The molecule has 0 radical (unpaired) electrons. The van der Waals surface area contributed by atoms with Crippen molar-refractivity contribution in [3.05, 3.63) is 47.7 Å². The van der Waals surface area contributed by atoms with Crippen molar-refractivity contribution >= 4 is 16.8 Å². The Hall–Kier alpha value is -2.69. The van der Waals surface area contributed by atoms with Gasteiger partial charge in [-0.25, -0.2) is 4.98 Å². The van der Waals surface area contributed by atoms with E-state index in [0.29, 0.717) is 6.42 Å². The minimum Gasteiger partial charge on any atom is -0.349 e. The van der Waals surface area contributed by atoms with Crippen molar-refractivity contribution in [2.75, 3.05) is 14.1 Å². The van der Waals surface area contributed by atoms with Crippen LogP contribution >= 0.6 is 0 Å². The van der Waals surface area contributed by atoms with E-state index in [2.05, 4.69) is 18.1 Å². The van der Waals surface area contributed by atoms with Gasteiger partial charge in [-0.15, -0.1) is 0 Å². The van der Waals surface area contributed by atoms with Gasteiger partial charge in [-0.3, -0.25) is 9.48 Å². The third kappa shape index (κ3) is 2.82. The molecule has 3 rings (SSSR count). The van der Waals surface area contributed by atoms with Gasteiger partial charge in [-0.05, 0) is 30.2 Å². The number of benzene rings is 1. The molecule has 0 aliphatic carbocycles. The number of carbonyl (C=O) groups excluding carboxylic acids is 1.